The van der Waals surface area contributed by atoms with Crippen LogP contribution >= 0.6 is 0 Å². The van der Waals surface area contributed by atoms with Gasteiger partial charge in [0, 0.05) is 18.3 Å². The van der Waals surface area contributed by atoms with Gasteiger partial charge in [-0.1, -0.05) is 19.4 Å². The lowest BCUT2D eigenvalue weighted by molar-refractivity contribution is 0.0652. The van der Waals surface area contributed by atoms with Gasteiger partial charge in [0.2, 0.25) is 0 Å². The molecule has 1 unspecified atom stereocenters. The van der Waals surface area contributed by atoms with Crippen molar-refractivity contribution in [1.29, 1.82) is 0 Å². The molecule has 1 aromatic carbocycles. The number of nitrogens with one attached hydrogen (secondary N) is 1. The van der Waals surface area contributed by atoms with Crippen LogP contribution in [0.15, 0.2) is 42.6 Å². The first-order chi connectivity index (χ1) is 14.0. The SMILES string of the molecule is CCCCN1C(=O)c2ccc(C(=O)NC(C)c3nnc4ccccn34)cc2C1=O. The lowest BCUT2D eigenvalue weighted by Gasteiger charge is -2.13. The average molecular weight is 391 g/mol. The van der Waals surface area contributed by atoms with E-state index in [9.17, 15) is 14.4 Å². The molecule has 4 rings (SSSR count). The Morgan fingerprint density at radius 1 is 1.10 bits per heavy atom. The Morgan fingerprint density at radius 3 is 2.69 bits per heavy atom. The highest BCUT2D eigenvalue weighted by Gasteiger charge is 2.35. The monoisotopic (exact) mass is 391 g/mol. The number of unbranched alkanes of at least 4 members (excludes halogenated alkanes) is 1. The molecule has 8 heteroatoms. The summed E-state index contributed by atoms with van der Waals surface area (Å²) in [6, 6.07) is 9.77. The van der Waals surface area contributed by atoms with Crippen LogP contribution in [0.4, 0.5) is 0 Å². The largest absolute Gasteiger partial charge is 0.342 e. The fraction of sp³-hybridized carbons (Fsp3) is 0.286. The first-order valence-electron chi connectivity index (χ1n) is 9.62. The zero-order valence-electron chi connectivity index (χ0n) is 16.3. The van der Waals surface area contributed by atoms with Crippen molar-refractivity contribution in [3.8, 4) is 0 Å². The number of carbonyl (C=O) groups excluding carboxylic acids is 3. The highest BCUT2D eigenvalue weighted by atomic mass is 16.2. The lowest BCUT2D eigenvalue weighted by atomic mass is 10.1. The fourth-order valence-corrected chi connectivity index (χ4v) is 3.45. The Balaban J connectivity index is 1.54. The summed E-state index contributed by atoms with van der Waals surface area (Å²) in [5.41, 5.74) is 1.64. The van der Waals surface area contributed by atoms with Crippen molar-refractivity contribution in [2.75, 3.05) is 6.54 Å². The van der Waals surface area contributed by atoms with Gasteiger partial charge in [-0.05, 0) is 43.7 Å². The van der Waals surface area contributed by atoms with E-state index in [4.69, 9.17) is 0 Å². The number of nitrogens with zero attached hydrogens (tertiary/aromatic N) is 4. The molecule has 3 heterocycles. The summed E-state index contributed by atoms with van der Waals surface area (Å²) in [5.74, 6) is -0.384. The maximum atomic E-state index is 12.7. The van der Waals surface area contributed by atoms with Crippen molar-refractivity contribution in [2.45, 2.75) is 32.7 Å². The quantitative estimate of drug-likeness (QED) is 0.652. The minimum absolute atomic E-state index is 0.277. The maximum Gasteiger partial charge on any atom is 0.261 e. The second kappa shape index (κ2) is 7.46. The predicted molar refractivity (Wildman–Crippen MR) is 106 cm³/mol. The third-order valence-corrected chi connectivity index (χ3v) is 5.04. The van der Waals surface area contributed by atoms with Crippen LogP contribution in [-0.2, 0) is 0 Å². The molecule has 2 aromatic heterocycles. The number of rotatable bonds is 6. The highest BCUT2D eigenvalue weighted by Crippen LogP contribution is 2.25. The Labute approximate surface area is 167 Å². The molecule has 0 saturated heterocycles. The first-order valence-corrected chi connectivity index (χ1v) is 9.62. The summed E-state index contributed by atoms with van der Waals surface area (Å²) >= 11 is 0. The predicted octanol–water partition coefficient (Wildman–Crippen LogP) is 2.62. The summed E-state index contributed by atoms with van der Waals surface area (Å²) in [5, 5.41) is 11.1. The van der Waals surface area contributed by atoms with Crippen LogP contribution in [0.25, 0.3) is 5.65 Å². The molecule has 3 aromatic rings. The van der Waals surface area contributed by atoms with Gasteiger partial charge in [0.1, 0.15) is 0 Å². The molecule has 1 N–H and O–H groups in total. The van der Waals surface area contributed by atoms with Gasteiger partial charge < -0.3 is 5.32 Å². The molecule has 8 nitrogen and oxygen atoms in total. The van der Waals surface area contributed by atoms with Gasteiger partial charge in [0.25, 0.3) is 17.7 Å². The van der Waals surface area contributed by atoms with Gasteiger partial charge in [-0.2, -0.15) is 0 Å². The summed E-state index contributed by atoms with van der Waals surface area (Å²) in [4.78, 5) is 39.0. The van der Waals surface area contributed by atoms with E-state index in [1.165, 1.54) is 11.0 Å². The molecular weight excluding hydrogens is 370 g/mol. The van der Waals surface area contributed by atoms with Crippen LogP contribution in [-0.4, -0.2) is 43.8 Å². The zero-order chi connectivity index (χ0) is 20.5. The zero-order valence-corrected chi connectivity index (χ0v) is 16.3. The average Bonchev–Trinajstić information content (AvgIpc) is 3.26. The molecular formula is C21H21N5O3. The van der Waals surface area contributed by atoms with Gasteiger partial charge in [0.15, 0.2) is 11.5 Å². The molecule has 3 amide bonds. The van der Waals surface area contributed by atoms with E-state index in [-0.39, 0.29) is 23.3 Å². The van der Waals surface area contributed by atoms with Crippen LogP contribution in [0.1, 0.15) is 69.6 Å². The van der Waals surface area contributed by atoms with Crippen molar-refractivity contribution >= 4 is 23.4 Å². The Hall–Kier alpha value is -3.55. The normalized spacial score (nSPS) is 14.3. The number of carbonyl (C=O) groups is 3. The standard InChI is InChI=1S/C21H21N5O3/c1-3-4-10-26-20(28)15-9-8-14(12-16(15)21(26)29)19(27)22-13(2)18-24-23-17-7-5-6-11-25(17)18/h5-9,11-13H,3-4,10H2,1-2H3,(H,22,27). The lowest BCUT2D eigenvalue weighted by Crippen LogP contribution is -2.30. The summed E-state index contributed by atoms with van der Waals surface area (Å²) < 4.78 is 1.81. The van der Waals surface area contributed by atoms with Gasteiger partial charge in [-0.25, -0.2) is 0 Å². The maximum absolute atomic E-state index is 12.7. The first kappa shape index (κ1) is 18.8. The summed E-state index contributed by atoms with van der Waals surface area (Å²) in [6.07, 6.45) is 3.47. The smallest absolute Gasteiger partial charge is 0.261 e. The number of hydrogen-bond donors (Lipinski definition) is 1. The third kappa shape index (κ3) is 3.26. The van der Waals surface area contributed by atoms with Crippen molar-refractivity contribution in [3.05, 3.63) is 65.1 Å². The number of amides is 3. The van der Waals surface area contributed by atoms with E-state index in [1.54, 1.807) is 16.5 Å². The molecule has 0 spiro atoms. The van der Waals surface area contributed by atoms with E-state index in [0.717, 1.165) is 12.8 Å². The van der Waals surface area contributed by atoms with Crippen LogP contribution in [0.2, 0.25) is 0 Å². The van der Waals surface area contributed by atoms with Crippen molar-refractivity contribution in [1.82, 2.24) is 24.8 Å². The van der Waals surface area contributed by atoms with Crippen molar-refractivity contribution < 1.29 is 14.4 Å². The third-order valence-electron chi connectivity index (χ3n) is 5.04. The summed E-state index contributed by atoms with van der Waals surface area (Å²) in [6.45, 7) is 4.21. The minimum atomic E-state index is -0.397. The van der Waals surface area contributed by atoms with E-state index in [1.807, 2.05) is 38.2 Å². The van der Waals surface area contributed by atoms with Crippen LogP contribution in [0.5, 0.6) is 0 Å². The molecule has 1 atom stereocenters. The van der Waals surface area contributed by atoms with Gasteiger partial charge in [-0.15, -0.1) is 10.2 Å². The topological polar surface area (TPSA) is 96.7 Å². The Morgan fingerprint density at radius 2 is 1.90 bits per heavy atom. The van der Waals surface area contributed by atoms with E-state index in [2.05, 4.69) is 15.5 Å². The second-order valence-corrected chi connectivity index (χ2v) is 7.06. The molecule has 0 saturated carbocycles. The molecule has 29 heavy (non-hydrogen) atoms. The molecule has 0 fully saturated rings. The Bertz CT molecular complexity index is 1120. The van der Waals surface area contributed by atoms with Gasteiger partial charge in [-0.3, -0.25) is 23.7 Å². The van der Waals surface area contributed by atoms with E-state index < -0.39 is 6.04 Å². The molecule has 0 bridgehead atoms. The van der Waals surface area contributed by atoms with Crippen LogP contribution < -0.4 is 5.32 Å². The fourth-order valence-electron chi connectivity index (χ4n) is 3.45. The number of aromatic nitrogens is 3. The minimum Gasteiger partial charge on any atom is -0.342 e. The number of hydrogen-bond acceptors (Lipinski definition) is 5. The van der Waals surface area contributed by atoms with E-state index in [0.29, 0.717) is 29.1 Å². The van der Waals surface area contributed by atoms with Gasteiger partial charge >= 0.3 is 0 Å². The summed E-state index contributed by atoms with van der Waals surface area (Å²) in [7, 11) is 0. The highest BCUT2D eigenvalue weighted by molar-refractivity contribution is 6.22. The number of benzene rings is 1. The Kier molecular flexibility index (Phi) is 4.84. The number of pyridine rings is 1. The number of fused-ring (bicyclic) bond motifs is 2. The van der Waals surface area contributed by atoms with Gasteiger partial charge in [0.05, 0.1) is 17.2 Å². The molecule has 0 radical (unpaired) electrons. The molecule has 0 aliphatic carbocycles. The molecule has 1 aliphatic heterocycles. The van der Waals surface area contributed by atoms with E-state index >= 15 is 0 Å². The van der Waals surface area contributed by atoms with Crippen molar-refractivity contribution in [2.24, 2.45) is 0 Å². The second-order valence-electron chi connectivity index (χ2n) is 7.06. The number of imide groups is 1. The van der Waals surface area contributed by atoms with Crippen LogP contribution in [0.3, 0.4) is 0 Å². The van der Waals surface area contributed by atoms with Crippen molar-refractivity contribution in [3.63, 3.8) is 0 Å². The van der Waals surface area contributed by atoms with Crippen LogP contribution in [0, 0.1) is 0 Å². The molecule has 148 valence electrons. The molecule has 1 aliphatic rings.